The first-order valence-electron chi connectivity index (χ1n) is 4.65. The molecule has 0 saturated heterocycles. The zero-order valence-electron chi connectivity index (χ0n) is 9.33. The van der Waals surface area contributed by atoms with E-state index in [2.05, 4.69) is 0 Å². The van der Waals surface area contributed by atoms with Gasteiger partial charge in [-0.05, 0) is 25.5 Å². The lowest BCUT2D eigenvalue weighted by atomic mass is 10.1. The molecule has 0 heterocycles. The molecule has 0 unspecified atom stereocenters. The third kappa shape index (κ3) is 2.42. The number of benzene rings is 1. The Morgan fingerprint density at radius 1 is 1.50 bits per heavy atom. The fraction of sp³-hybridized carbons (Fsp3) is 0.364. The van der Waals surface area contributed by atoms with E-state index in [1.54, 1.807) is 13.8 Å². The van der Waals surface area contributed by atoms with Gasteiger partial charge in [0, 0.05) is 5.56 Å². The Balaban J connectivity index is 3.12. The van der Waals surface area contributed by atoms with E-state index in [0.717, 1.165) is 0 Å². The van der Waals surface area contributed by atoms with Crippen molar-refractivity contribution in [3.05, 3.63) is 23.0 Å². The average molecular weight is 228 g/mol. The third-order valence-electron chi connectivity index (χ3n) is 2.14. The highest BCUT2D eigenvalue weighted by atomic mass is 19.1. The smallest absolute Gasteiger partial charge is 0.341 e. The van der Waals surface area contributed by atoms with E-state index < -0.39 is 12.6 Å². The van der Waals surface area contributed by atoms with Crippen LogP contribution in [0.1, 0.15) is 11.1 Å². The Morgan fingerprint density at radius 2 is 2.12 bits per heavy atom. The Hall–Kier alpha value is -1.78. The summed E-state index contributed by atoms with van der Waals surface area (Å²) in [6, 6.07) is 1.42. The highest BCUT2D eigenvalue weighted by molar-refractivity contribution is 5.68. The fourth-order valence-electron chi connectivity index (χ4n) is 1.41. The summed E-state index contributed by atoms with van der Waals surface area (Å²) in [4.78, 5) is 10.4. The molecule has 0 radical (unpaired) electrons. The van der Waals surface area contributed by atoms with Crippen molar-refractivity contribution in [2.75, 3.05) is 13.7 Å². The molecule has 0 aliphatic carbocycles. The molecule has 4 nitrogen and oxygen atoms in total. The monoisotopic (exact) mass is 228 g/mol. The van der Waals surface area contributed by atoms with E-state index in [9.17, 15) is 9.18 Å². The van der Waals surface area contributed by atoms with E-state index >= 15 is 0 Å². The summed E-state index contributed by atoms with van der Waals surface area (Å²) >= 11 is 0. The molecule has 16 heavy (non-hydrogen) atoms. The zero-order chi connectivity index (χ0) is 12.3. The summed E-state index contributed by atoms with van der Waals surface area (Å²) in [5, 5.41) is 8.49. The number of aliphatic carboxylic acids is 1. The molecule has 0 amide bonds. The summed E-state index contributed by atoms with van der Waals surface area (Å²) in [6.07, 6.45) is 0. The minimum Gasteiger partial charge on any atom is -0.492 e. The number of hydrogen-bond acceptors (Lipinski definition) is 3. The van der Waals surface area contributed by atoms with Gasteiger partial charge in [0.2, 0.25) is 0 Å². The lowest BCUT2D eigenvalue weighted by molar-refractivity contribution is -0.139. The van der Waals surface area contributed by atoms with Gasteiger partial charge >= 0.3 is 5.97 Å². The number of ether oxygens (including phenoxy) is 2. The summed E-state index contributed by atoms with van der Waals surface area (Å²) < 4.78 is 23.5. The van der Waals surface area contributed by atoms with Gasteiger partial charge < -0.3 is 14.6 Å². The molecule has 0 atom stereocenters. The maximum atomic E-state index is 13.5. The van der Waals surface area contributed by atoms with E-state index in [1.165, 1.54) is 13.2 Å². The number of carboxylic acids is 1. The van der Waals surface area contributed by atoms with Crippen LogP contribution in [0.2, 0.25) is 0 Å². The van der Waals surface area contributed by atoms with E-state index in [0.29, 0.717) is 11.1 Å². The molecule has 1 rings (SSSR count). The van der Waals surface area contributed by atoms with Gasteiger partial charge in [-0.1, -0.05) is 0 Å². The van der Waals surface area contributed by atoms with Crippen molar-refractivity contribution >= 4 is 5.97 Å². The summed E-state index contributed by atoms with van der Waals surface area (Å²) in [5.74, 6) is -1.01. The Labute approximate surface area is 92.6 Å². The number of methoxy groups -OCH3 is 1. The Bertz CT molecular complexity index is 415. The van der Waals surface area contributed by atoms with Crippen molar-refractivity contribution < 1.29 is 23.8 Å². The molecule has 0 aliphatic rings. The van der Waals surface area contributed by atoms with Crippen LogP contribution >= 0.6 is 0 Å². The van der Waals surface area contributed by atoms with Gasteiger partial charge in [0.1, 0.15) is 5.82 Å². The van der Waals surface area contributed by atoms with Crippen LogP contribution in [0.5, 0.6) is 11.5 Å². The second-order valence-corrected chi connectivity index (χ2v) is 3.35. The Morgan fingerprint density at radius 3 is 2.62 bits per heavy atom. The molecule has 0 aromatic heterocycles. The molecule has 88 valence electrons. The summed E-state index contributed by atoms with van der Waals surface area (Å²) in [7, 11) is 1.38. The molecular weight excluding hydrogens is 215 g/mol. The molecule has 0 aliphatic heterocycles. The van der Waals surface area contributed by atoms with Gasteiger partial charge in [-0.25, -0.2) is 9.18 Å². The summed E-state index contributed by atoms with van der Waals surface area (Å²) in [5.41, 5.74) is 0.696. The van der Waals surface area contributed by atoms with Crippen LogP contribution in [-0.2, 0) is 4.79 Å². The minimum atomic E-state index is -1.10. The van der Waals surface area contributed by atoms with Crippen molar-refractivity contribution in [1.82, 2.24) is 0 Å². The number of hydrogen-bond donors (Lipinski definition) is 1. The van der Waals surface area contributed by atoms with Gasteiger partial charge in [0.15, 0.2) is 18.1 Å². The maximum Gasteiger partial charge on any atom is 0.341 e. The maximum absolute atomic E-state index is 13.5. The number of carbonyl (C=O) groups is 1. The normalized spacial score (nSPS) is 10.0. The molecule has 0 fully saturated rings. The van der Waals surface area contributed by atoms with E-state index in [-0.39, 0.29) is 17.3 Å². The van der Waals surface area contributed by atoms with E-state index in [4.69, 9.17) is 14.6 Å². The van der Waals surface area contributed by atoms with Crippen molar-refractivity contribution in [1.29, 1.82) is 0 Å². The Kier molecular flexibility index (Phi) is 3.71. The molecule has 5 heteroatoms. The first kappa shape index (κ1) is 12.3. The number of rotatable bonds is 4. The molecule has 1 aromatic carbocycles. The SMILES string of the molecule is COc1c(OCC(=O)O)cc(C)c(F)c1C. The van der Waals surface area contributed by atoms with Crippen LogP contribution in [0, 0.1) is 19.7 Å². The minimum absolute atomic E-state index is 0.226. The van der Waals surface area contributed by atoms with Crippen LogP contribution in [0.25, 0.3) is 0 Å². The van der Waals surface area contributed by atoms with Gasteiger partial charge in [-0.3, -0.25) is 0 Å². The number of carboxylic acid groups (broad SMARTS) is 1. The molecular formula is C11H13FO4. The van der Waals surface area contributed by atoms with Crippen molar-refractivity contribution in [3.8, 4) is 11.5 Å². The molecule has 1 aromatic rings. The van der Waals surface area contributed by atoms with Crippen molar-refractivity contribution in [2.45, 2.75) is 13.8 Å². The zero-order valence-corrected chi connectivity index (χ0v) is 9.33. The number of halogens is 1. The van der Waals surface area contributed by atoms with Crippen molar-refractivity contribution in [2.24, 2.45) is 0 Å². The quantitative estimate of drug-likeness (QED) is 0.855. The van der Waals surface area contributed by atoms with Crippen molar-refractivity contribution in [3.63, 3.8) is 0 Å². The second kappa shape index (κ2) is 4.83. The largest absolute Gasteiger partial charge is 0.492 e. The van der Waals surface area contributed by atoms with Crippen LogP contribution in [-0.4, -0.2) is 24.8 Å². The fourth-order valence-corrected chi connectivity index (χ4v) is 1.41. The topological polar surface area (TPSA) is 55.8 Å². The van der Waals surface area contributed by atoms with Crippen LogP contribution in [0.15, 0.2) is 6.07 Å². The first-order chi connectivity index (χ1) is 7.47. The lowest BCUT2D eigenvalue weighted by Gasteiger charge is -2.13. The highest BCUT2D eigenvalue weighted by Gasteiger charge is 2.15. The predicted octanol–water partition coefficient (Wildman–Crippen LogP) is 1.91. The standard InChI is InChI=1S/C11H13FO4/c1-6-4-8(16-5-9(13)14)11(15-3)7(2)10(6)12/h4H,5H2,1-3H3,(H,13,14). The van der Waals surface area contributed by atoms with Gasteiger partial charge in [-0.2, -0.15) is 0 Å². The average Bonchev–Trinajstić information content (AvgIpc) is 2.23. The predicted molar refractivity (Wildman–Crippen MR) is 55.6 cm³/mol. The lowest BCUT2D eigenvalue weighted by Crippen LogP contribution is -2.11. The second-order valence-electron chi connectivity index (χ2n) is 3.35. The third-order valence-corrected chi connectivity index (χ3v) is 2.14. The number of aryl methyl sites for hydroxylation is 1. The van der Waals surface area contributed by atoms with Gasteiger partial charge in [0.05, 0.1) is 7.11 Å². The molecule has 0 saturated carbocycles. The molecule has 0 spiro atoms. The van der Waals surface area contributed by atoms with E-state index in [1.807, 2.05) is 0 Å². The first-order valence-corrected chi connectivity index (χ1v) is 4.65. The summed E-state index contributed by atoms with van der Waals surface area (Å²) in [6.45, 7) is 2.64. The molecule has 1 N–H and O–H groups in total. The van der Waals surface area contributed by atoms with Gasteiger partial charge in [0.25, 0.3) is 0 Å². The molecule has 0 bridgehead atoms. The van der Waals surface area contributed by atoms with Crippen LogP contribution < -0.4 is 9.47 Å². The van der Waals surface area contributed by atoms with Gasteiger partial charge in [-0.15, -0.1) is 0 Å². The highest BCUT2D eigenvalue weighted by Crippen LogP contribution is 2.34. The van der Waals surface area contributed by atoms with Crippen LogP contribution in [0.4, 0.5) is 4.39 Å². The van der Waals surface area contributed by atoms with Crippen LogP contribution in [0.3, 0.4) is 0 Å².